The Morgan fingerprint density at radius 3 is 2.70 bits per heavy atom. The summed E-state index contributed by atoms with van der Waals surface area (Å²) >= 11 is 5.82. The molecule has 1 aliphatic heterocycles. The summed E-state index contributed by atoms with van der Waals surface area (Å²) in [4.78, 5) is 0. The molecule has 0 amide bonds. The van der Waals surface area contributed by atoms with Gasteiger partial charge in [0.2, 0.25) is 0 Å². The summed E-state index contributed by atoms with van der Waals surface area (Å²) in [6.07, 6.45) is 0. The minimum Gasteiger partial charge on any atom is -0.485 e. The topological polar surface area (TPSA) is 21.3 Å². The number of ether oxygens (including phenoxy) is 1. The number of para-hydroxylation sites is 1. The standard InChI is InChI=1S/C16H15ClFNO/c1-16(2)15(10-6-3-4-9-13(10)20-16)19-12-8-5-7-11(17)14(12)18/h3-9,15,19H,1-2H3. The van der Waals surface area contributed by atoms with Gasteiger partial charge in [0.15, 0.2) is 5.82 Å². The number of benzene rings is 2. The molecule has 1 heterocycles. The minimum absolute atomic E-state index is 0.111. The zero-order valence-electron chi connectivity index (χ0n) is 11.3. The molecule has 4 heteroatoms. The molecule has 0 saturated heterocycles. The fraction of sp³-hybridized carbons (Fsp3) is 0.250. The number of halogens is 2. The molecule has 0 aromatic heterocycles. The Morgan fingerprint density at radius 2 is 1.90 bits per heavy atom. The van der Waals surface area contributed by atoms with Gasteiger partial charge in [0.1, 0.15) is 11.4 Å². The van der Waals surface area contributed by atoms with Crippen molar-refractivity contribution in [3.63, 3.8) is 0 Å². The molecule has 1 unspecified atom stereocenters. The normalized spacial score (nSPS) is 19.3. The van der Waals surface area contributed by atoms with Gasteiger partial charge >= 0.3 is 0 Å². The second-order valence-corrected chi connectivity index (χ2v) is 5.83. The van der Waals surface area contributed by atoms with Crippen molar-refractivity contribution in [3.8, 4) is 5.75 Å². The van der Waals surface area contributed by atoms with Crippen molar-refractivity contribution in [2.75, 3.05) is 5.32 Å². The summed E-state index contributed by atoms with van der Waals surface area (Å²) in [5.41, 5.74) is 0.950. The van der Waals surface area contributed by atoms with Gasteiger partial charge in [0.25, 0.3) is 0 Å². The molecule has 1 N–H and O–H groups in total. The van der Waals surface area contributed by atoms with Crippen LogP contribution in [-0.4, -0.2) is 5.60 Å². The number of nitrogens with one attached hydrogen (secondary N) is 1. The van der Waals surface area contributed by atoms with E-state index in [0.29, 0.717) is 5.69 Å². The van der Waals surface area contributed by atoms with E-state index < -0.39 is 11.4 Å². The number of hydrogen-bond acceptors (Lipinski definition) is 2. The van der Waals surface area contributed by atoms with E-state index in [9.17, 15) is 4.39 Å². The van der Waals surface area contributed by atoms with Crippen LogP contribution in [0.4, 0.5) is 10.1 Å². The summed E-state index contributed by atoms with van der Waals surface area (Å²) in [6, 6.07) is 12.6. The Kier molecular flexibility index (Phi) is 3.09. The maximum absolute atomic E-state index is 14.0. The second kappa shape index (κ2) is 4.67. The number of fused-ring (bicyclic) bond motifs is 1. The van der Waals surface area contributed by atoms with Crippen LogP contribution in [0, 0.1) is 5.82 Å². The Labute approximate surface area is 122 Å². The van der Waals surface area contributed by atoms with E-state index in [2.05, 4.69) is 5.32 Å². The van der Waals surface area contributed by atoms with Crippen LogP contribution < -0.4 is 10.1 Å². The van der Waals surface area contributed by atoms with Gasteiger partial charge in [0, 0.05) is 5.56 Å². The Bertz CT molecular complexity index is 657. The van der Waals surface area contributed by atoms with Gasteiger partial charge in [-0.15, -0.1) is 0 Å². The van der Waals surface area contributed by atoms with Gasteiger partial charge in [0.05, 0.1) is 16.8 Å². The summed E-state index contributed by atoms with van der Waals surface area (Å²) in [6.45, 7) is 3.96. The van der Waals surface area contributed by atoms with Gasteiger partial charge in [-0.3, -0.25) is 0 Å². The molecule has 0 bridgehead atoms. The van der Waals surface area contributed by atoms with E-state index in [0.717, 1.165) is 11.3 Å². The van der Waals surface area contributed by atoms with E-state index in [1.54, 1.807) is 12.1 Å². The lowest BCUT2D eigenvalue weighted by atomic mass is 9.94. The molecule has 2 aromatic carbocycles. The van der Waals surface area contributed by atoms with Crippen LogP contribution in [0.25, 0.3) is 0 Å². The summed E-state index contributed by atoms with van der Waals surface area (Å²) < 4.78 is 20.0. The zero-order valence-corrected chi connectivity index (χ0v) is 12.0. The molecule has 0 spiro atoms. The van der Waals surface area contributed by atoms with Crippen LogP contribution in [0.5, 0.6) is 5.75 Å². The first-order chi connectivity index (χ1) is 9.49. The van der Waals surface area contributed by atoms with Crippen molar-refractivity contribution in [2.24, 2.45) is 0 Å². The first kappa shape index (κ1) is 13.3. The predicted octanol–water partition coefficient (Wildman–Crippen LogP) is 4.80. The summed E-state index contributed by atoms with van der Waals surface area (Å²) in [5, 5.41) is 3.32. The van der Waals surface area contributed by atoms with Crippen LogP contribution in [-0.2, 0) is 0 Å². The van der Waals surface area contributed by atoms with E-state index in [1.165, 1.54) is 6.07 Å². The van der Waals surface area contributed by atoms with Crippen molar-refractivity contribution >= 4 is 17.3 Å². The van der Waals surface area contributed by atoms with Crippen LogP contribution in [0.1, 0.15) is 25.5 Å². The first-order valence-corrected chi connectivity index (χ1v) is 6.85. The van der Waals surface area contributed by atoms with Gasteiger partial charge < -0.3 is 10.1 Å². The quantitative estimate of drug-likeness (QED) is 0.858. The molecule has 2 nitrogen and oxygen atoms in total. The van der Waals surface area contributed by atoms with Crippen molar-refractivity contribution in [3.05, 3.63) is 58.9 Å². The van der Waals surface area contributed by atoms with Crippen LogP contribution in [0.2, 0.25) is 5.02 Å². The van der Waals surface area contributed by atoms with Gasteiger partial charge in [-0.05, 0) is 32.0 Å². The molecule has 0 fully saturated rings. The van der Waals surface area contributed by atoms with E-state index in [4.69, 9.17) is 16.3 Å². The lowest BCUT2D eigenvalue weighted by Gasteiger charge is -2.28. The second-order valence-electron chi connectivity index (χ2n) is 5.42. The fourth-order valence-corrected chi connectivity index (χ4v) is 2.73. The molecular formula is C16H15ClFNO. The lowest BCUT2D eigenvalue weighted by molar-refractivity contribution is 0.118. The summed E-state index contributed by atoms with van der Waals surface area (Å²) in [5.74, 6) is 0.395. The molecule has 0 aliphatic carbocycles. The molecule has 0 radical (unpaired) electrons. The third kappa shape index (κ3) is 2.12. The van der Waals surface area contributed by atoms with Crippen molar-refractivity contribution in [1.29, 1.82) is 0 Å². The van der Waals surface area contributed by atoms with Crippen molar-refractivity contribution < 1.29 is 9.13 Å². The molecular weight excluding hydrogens is 277 g/mol. The fourth-order valence-electron chi connectivity index (χ4n) is 2.55. The highest BCUT2D eigenvalue weighted by molar-refractivity contribution is 6.31. The minimum atomic E-state index is -0.460. The molecule has 20 heavy (non-hydrogen) atoms. The molecule has 104 valence electrons. The molecule has 2 aromatic rings. The highest BCUT2D eigenvalue weighted by Gasteiger charge is 2.41. The zero-order chi connectivity index (χ0) is 14.3. The van der Waals surface area contributed by atoms with Crippen molar-refractivity contribution in [1.82, 2.24) is 0 Å². The molecule has 1 aliphatic rings. The van der Waals surface area contributed by atoms with Gasteiger partial charge in [-0.25, -0.2) is 4.39 Å². The van der Waals surface area contributed by atoms with Gasteiger partial charge in [-0.1, -0.05) is 35.9 Å². The molecule has 0 saturated carbocycles. The maximum Gasteiger partial charge on any atom is 0.164 e. The first-order valence-electron chi connectivity index (χ1n) is 6.47. The largest absolute Gasteiger partial charge is 0.485 e. The molecule has 3 rings (SSSR count). The number of hydrogen-bond donors (Lipinski definition) is 1. The van der Waals surface area contributed by atoms with E-state index in [-0.39, 0.29) is 11.1 Å². The molecule has 1 atom stereocenters. The average molecular weight is 292 g/mol. The monoisotopic (exact) mass is 291 g/mol. The van der Waals surface area contributed by atoms with Crippen LogP contribution >= 0.6 is 11.6 Å². The SMILES string of the molecule is CC1(C)Oc2ccccc2C1Nc1cccc(Cl)c1F. The highest BCUT2D eigenvalue weighted by atomic mass is 35.5. The Hall–Kier alpha value is -1.74. The van der Waals surface area contributed by atoms with E-state index in [1.807, 2.05) is 38.1 Å². The van der Waals surface area contributed by atoms with Crippen LogP contribution in [0.15, 0.2) is 42.5 Å². The third-order valence-electron chi connectivity index (χ3n) is 3.55. The predicted molar refractivity (Wildman–Crippen MR) is 78.9 cm³/mol. The van der Waals surface area contributed by atoms with E-state index >= 15 is 0 Å². The smallest absolute Gasteiger partial charge is 0.164 e. The Balaban J connectivity index is 1.99. The summed E-state index contributed by atoms with van der Waals surface area (Å²) in [7, 11) is 0. The number of rotatable bonds is 2. The highest BCUT2D eigenvalue weighted by Crippen LogP contribution is 2.44. The van der Waals surface area contributed by atoms with Crippen molar-refractivity contribution in [2.45, 2.75) is 25.5 Å². The number of anilines is 1. The average Bonchev–Trinajstić information content (AvgIpc) is 2.66. The lowest BCUT2D eigenvalue weighted by Crippen LogP contribution is -2.35. The van der Waals surface area contributed by atoms with Gasteiger partial charge in [-0.2, -0.15) is 0 Å². The maximum atomic E-state index is 14.0. The third-order valence-corrected chi connectivity index (χ3v) is 3.84. The Morgan fingerprint density at radius 1 is 1.15 bits per heavy atom. The van der Waals surface area contributed by atoms with Crippen LogP contribution in [0.3, 0.4) is 0 Å².